The Morgan fingerprint density at radius 3 is 2.72 bits per heavy atom. The molecule has 3 rings (SSSR count). The van der Waals surface area contributed by atoms with Crippen LogP contribution in [0, 0.1) is 11.3 Å². The first-order chi connectivity index (χ1) is 12.2. The predicted octanol–water partition coefficient (Wildman–Crippen LogP) is 4.94. The van der Waals surface area contributed by atoms with Gasteiger partial charge in [0.15, 0.2) is 6.61 Å². The van der Waals surface area contributed by atoms with E-state index in [1.54, 1.807) is 19.1 Å². The van der Waals surface area contributed by atoms with E-state index in [1.807, 2.05) is 36.4 Å². The lowest BCUT2D eigenvalue weighted by atomic mass is 10.1. The summed E-state index contributed by atoms with van der Waals surface area (Å²) in [6.07, 6.45) is 0. The van der Waals surface area contributed by atoms with Gasteiger partial charge in [0.2, 0.25) is 0 Å². The van der Waals surface area contributed by atoms with Crippen molar-refractivity contribution >= 4 is 32.9 Å². The van der Waals surface area contributed by atoms with Crippen LogP contribution in [0.5, 0.6) is 5.75 Å². The zero-order valence-corrected chi connectivity index (χ0v) is 15.0. The van der Waals surface area contributed by atoms with Crippen molar-refractivity contribution in [3.05, 3.63) is 52.5 Å². The average molecular weight is 400 g/mol. The number of carbonyl (C=O) groups is 1. The second-order valence-corrected chi connectivity index (χ2v) is 5.97. The Bertz CT molecular complexity index is 957. The fourth-order valence-electron chi connectivity index (χ4n) is 2.52. The van der Waals surface area contributed by atoms with Crippen molar-refractivity contribution < 1.29 is 18.7 Å². The van der Waals surface area contributed by atoms with Crippen LogP contribution in [0.3, 0.4) is 0 Å². The summed E-state index contributed by atoms with van der Waals surface area (Å²) in [5.41, 5.74) is 1.65. The molecule has 25 heavy (non-hydrogen) atoms. The first kappa shape index (κ1) is 17.1. The van der Waals surface area contributed by atoms with Gasteiger partial charge in [-0.2, -0.15) is 5.26 Å². The first-order valence-electron chi connectivity index (χ1n) is 7.64. The van der Waals surface area contributed by atoms with Crippen LogP contribution < -0.4 is 4.74 Å². The van der Waals surface area contributed by atoms with Crippen molar-refractivity contribution in [2.45, 2.75) is 6.92 Å². The number of ether oxygens (including phenoxy) is 2. The number of carbonyl (C=O) groups excluding carboxylic acids is 1. The molecule has 0 aliphatic rings. The third-order valence-corrected chi connectivity index (χ3v) is 4.17. The number of hydrogen-bond donors (Lipinski definition) is 0. The molecule has 0 aliphatic carbocycles. The standard InChI is InChI=1S/C19H14BrNO4/c1-2-23-19(22)17-13-10-16(24-9-8-21)14(20)11-15(13)25-18(17)12-6-4-3-5-7-12/h3-7,10-11H,2,9H2,1H3. The zero-order valence-electron chi connectivity index (χ0n) is 13.4. The number of nitrogens with zero attached hydrogens (tertiary/aromatic N) is 1. The molecule has 0 bridgehead atoms. The predicted molar refractivity (Wildman–Crippen MR) is 96.4 cm³/mol. The maximum Gasteiger partial charge on any atom is 0.342 e. The summed E-state index contributed by atoms with van der Waals surface area (Å²) in [6, 6.07) is 14.7. The number of rotatable bonds is 5. The molecule has 1 heterocycles. The van der Waals surface area contributed by atoms with Crippen LogP contribution in [0.2, 0.25) is 0 Å². The van der Waals surface area contributed by atoms with E-state index in [1.165, 1.54) is 0 Å². The Labute approximate surface area is 152 Å². The lowest BCUT2D eigenvalue weighted by molar-refractivity contribution is 0.0529. The van der Waals surface area contributed by atoms with Gasteiger partial charge < -0.3 is 13.9 Å². The van der Waals surface area contributed by atoms with Crippen molar-refractivity contribution in [3.8, 4) is 23.1 Å². The minimum Gasteiger partial charge on any atom is -0.478 e. The van der Waals surface area contributed by atoms with Gasteiger partial charge in [-0.3, -0.25) is 0 Å². The third kappa shape index (κ3) is 3.37. The molecule has 0 saturated heterocycles. The molecule has 5 nitrogen and oxygen atoms in total. The summed E-state index contributed by atoms with van der Waals surface area (Å²) < 4.78 is 17.2. The second kappa shape index (κ2) is 7.41. The molecule has 0 saturated carbocycles. The van der Waals surface area contributed by atoms with Crippen molar-refractivity contribution in [3.63, 3.8) is 0 Å². The van der Waals surface area contributed by atoms with Gasteiger partial charge in [-0.05, 0) is 35.0 Å². The number of benzene rings is 2. The highest BCUT2D eigenvalue weighted by molar-refractivity contribution is 9.10. The molecule has 0 unspecified atom stereocenters. The van der Waals surface area contributed by atoms with Crippen LogP contribution >= 0.6 is 15.9 Å². The summed E-state index contributed by atoms with van der Waals surface area (Å²) in [4.78, 5) is 12.5. The zero-order chi connectivity index (χ0) is 17.8. The van der Waals surface area contributed by atoms with Crippen molar-refractivity contribution in [1.29, 1.82) is 5.26 Å². The molecule has 0 radical (unpaired) electrons. The summed E-state index contributed by atoms with van der Waals surface area (Å²) in [5, 5.41) is 9.29. The van der Waals surface area contributed by atoms with Gasteiger partial charge >= 0.3 is 5.97 Å². The van der Waals surface area contributed by atoms with Crippen molar-refractivity contribution in [1.82, 2.24) is 0 Å². The van der Waals surface area contributed by atoms with Gasteiger partial charge in [0.25, 0.3) is 0 Å². The maximum atomic E-state index is 12.5. The van der Waals surface area contributed by atoms with E-state index in [9.17, 15) is 4.79 Å². The summed E-state index contributed by atoms with van der Waals surface area (Å²) in [5.74, 6) is 0.437. The lowest BCUT2D eigenvalue weighted by Gasteiger charge is -2.05. The highest BCUT2D eigenvalue weighted by Gasteiger charge is 2.24. The Hall–Kier alpha value is -2.78. The molecule has 0 fully saturated rings. The van der Waals surface area contributed by atoms with Gasteiger partial charge in [-0.15, -0.1) is 0 Å². The molecule has 126 valence electrons. The normalized spacial score (nSPS) is 10.4. The van der Waals surface area contributed by atoms with Gasteiger partial charge in [0, 0.05) is 10.9 Å². The molecule has 0 atom stereocenters. The Kier molecular flexibility index (Phi) is 5.05. The summed E-state index contributed by atoms with van der Waals surface area (Å²) in [7, 11) is 0. The van der Waals surface area contributed by atoms with Crippen molar-refractivity contribution in [2.75, 3.05) is 13.2 Å². The van der Waals surface area contributed by atoms with Crippen LogP contribution in [-0.4, -0.2) is 19.2 Å². The van der Waals surface area contributed by atoms with E-state index in [2.05, 4.69) is 15.9 Å². The van der Waals surface area contributed by atoms with Crippen molar-refractivity contribution in [2.24, 2.45) is 0 Å². The van der Waals surface area contributed by atoms with E-state index < -0.39 is 5.97 Å². The number of halogens is 1. The quantitative estimate of drug-likeness (QED) is 0.568. The largest absolute Gasteiger partial charge is 0.478 e. The first-order valence-corrected chi connectivity index (χ1v) is 8.43. The smallest absolute Gasteiger partial charge is 0.342 e. The molecule has 0 N–H and O–H groups in total. The highest BCUT2D eigenvalue weighted by Crippen LogP contribution is 2.39. The van der Waals surface area contributed by atoms with Gasteiger partial charge in [0.05, 0.1) is 11.1 Å². The Morgan fingerprint density at radius 2 is 2.04 bits per heavy atom. The molecular weight excluding hydrogens is 386 g/mol. The lowest BCUT2D eigenvalue weighted by Crippen LogP contribution is -2.05. The van der Waals surface area contributed by atoms with E-state index >= 15 is 0 Å². The van der Waals surface area contributed by atoms with Gasteiger partial charge in [-0.1, -0.05) is 30.3 Å². The molecule has 3 aromatic rings. The molecule has 1 aromatic heterocycles. The average Bonchev–Trinajstić information content (AvgIpc) is 2.99. The van der Waals surface area contributed by atoms with Crippen LogP contribution in [0.1, 0.15) is 17.3 Å². The fraction of sp³-hybridized carbons (Fsp3) is 0.158. The number of fused-ring (bicyclic) bond motifs is 1. The molecular formula is C19H14BrNO4. The maximum absolute atomic E-state index is 12.5. The van der Waals surface area contributed by atoms with Gasteiger partial charge in [0.1, 0.15) is 28.7 Å². The van der Waals surface area contributed by atoms with Crippen LogP contribution in [0.4, 0.5) is 0 Å². The van der Waals surface area contributed by atoms with E-state index in [-0.39, 0.29) is 13.2 Å². The minimum atomic E-state index is -0.464. The molecule has 0 aliphatic heterocycles. The number of nitriles is 1. The third-order valence-electron chi connectivity index (χ3n) is 3.55. The molecule has 2 aromatic carbocycles. The Morgan fingerprint density at radius 1 is 1.28 bits per heavy atom. The number of furan rings is 1. The topological polar surface area (TPSA) is 72.5 Å². The fourth-order valence-corrected chi connectivity index (χ4v) is 2.95. The van der Waals surface area contributed by atoms with E-state index in [0.717, 1.165) is 5.56 Å². The van der Waals surface area contributed by atoms with Crippen LogP contribution in [0.15, 0.2) is 51.4 Å². The monoisotopic (exact) mass is 399 g/mol. The number of hydrogen-bond acceptors (Lipinski definition) is 5. The van der Waals surface area contributed by atoms with Crippen LogP contribution in [-0.2, 0) is 4.74 Å². The van der Waals surface area contributed by atoms with E-state index in [4.69, 9.17) is 19.2 Å². The van der Waals surface area contributed by atoms with Gasteiger partial charge in [-0.25, -0.2) is 4.79 Å². The Balaban J connectivity index is 2.23. The van der Waals surface area contributed by atoms with E-state index in [0.29, 0.717) is 32.5 Å². The van der Waals surface area contributed by atoms with Crippen LogP contribution in [0.25, 0.3) is 22.3 Å². The molecule has 6 heteroatoms. The SMILES string of the molecule is CCOC(=O)c1c(-c2ccccc2)oc2cc(Br)c(OCC#N)cc12. The second-order valence-electron chi connectivity index (χ2n) is 5.12. The summed E-state index contributed by atoms with van der Waals surface area (Å²) in [6.45, 7) is 1.91. The number of esters is 1. The molecule has 0 spiro atoms. The minimum absolute atomic E-state index is 0.0950. The highest BCUT2D eigenvalue weighted by atomic mass is 79.9. The molecule has 0 amide bonds. The summed E-state index contributed by atoms with van der Waals surface area (Å²) >= 11 is 3.39.